The number of rotatable bonds is 5. The van der Waals surface area contributed by atoms with Gasteiger partial charge in [0, 0.05) is 37.3 Å². The van der Waals surface area contributed by atoms with Gasteiger partial charge in [-0.2, -0.15) is 5.10 Å². The van der Waals surface area contributed by atoms with E-state index in [1.165, 1.54) is 0 Å². The molecule has 2 heterocycles. The first-order valence-corrected chi connectivity index (χ1v) is 8.86. The highest BCUT2D eigenvalue weighted by Gasteiger charge is 2.26. The van der Waals surface area contributed by atoms with E-state index in [9.17, 15) is 9.59 Å². The van der Waals surface area contributed by atoms with Crippen LogP contribution in [0, 0.1) is 0 Å². The van der Waals surface area contributed by atoms with Gasteiger partial charge in [0.15, 0.2) is 5.69 Å². The van der Waals surface area contributed by atoms with Gasteiger partial charge in [-0.1, -0.05) is 30.7 Å². The number of carbonyl (C=O) groups is 2. The topological polar surface area (TPSA) is 67.2 Å². The summed E-state index contributed by atoms with van der Waals surface area (Å²) in [5.74, 6) is -0.339. The second-order valence-electron chi connectivity index (χ2n) is 6.10. The molecule has 0 fully saturated rings. The van der Waals surface area contributed by atoms with Crippen molar-refractivity contribution in [3.05, 3.63) is 52.3 Å². The Morgan fingerprint density at radius 1 is 1.28 bits per heavy atom. The number of nitrogens with one attached hydrogen (secondary N) is 1. The minimum absolute atomic E-state index is 0.102. The molecule has 0 saturated carbocycles. The Labute approximate surface area is 151 Å². The minimum atomic E-state index is -0.237. The fraction of sp³-hybridized carbons (Fsp3) is 0.389. The van der Waals surface area contributed by atoms with Crippen LogP contribution in [0.5, 0.6) is 0 Å². The maximum absolute atomic E-state index is 12.9. The molecular weight excluding hydrogens is 340 g/mol. The highest BCUT2D eigenvalue weighted by Crippen LogP contribution is 2.18. The van der Waals surface area contributed by atoms with Gasteiger partial charge in [-0.05, 0) is 30.5 Å². The average Bonchev–Trinajstić information content (AvgIpc) is 2.98. The third-order valence-corrected chi connectivity index (χ3v) is 4.39. The minimum Gasteiger partial charge on any atom is -0.351 e. The monoisotopic (exact) mass is 360 g/mol. The molecule has 0 radical (unpaired) electrons. The predicted molar refractivity (Wildman–Crippen MR) is 95.7 cm³/mol. The van der Waals surface area contributed by atoms with Crippen LogP contribution in [-0.2, 0) is 13.1 Å². The van der Waals surface area contributed by atoms with Crippen molar-refractivity contribution in [3.63, 3.8) is 0 Å². The van der Waals surface area contributed by atoms with Gasteiger partial charge < -0.3 is 10.2 Å². The van der Waals surface area contributed by atoms with Crippen LogP contribution in [0.2, 0.25) is 5.02 Å². The van der Waals surface area contributed by atoms with Gasteiger partial charge in [-0.3, -0.25) is 14.3 Å². The number of benzene rings is 1. The third kappa shape index (κ3) is 4.02. The number of aryl methyl sites for hydroxylation is 1. The highest BCUT2D eigenvalue weighted by atomic mass is 35.5. The second kappa shape index (κ2) is 7.70. The fourth-order valence-corrected chi connectivity index (χ4v) is 2.96. The molecule has 1 aliphatic rings. The molecule has 0 unspecified atom stereocenters. The Bertz CT molecular complexity index is 770. The Hall–Kier alpha value is -2.34. The standard InChI is InChI=1S/C18H21ClN4O2/c1-2-8-20-17(24)15-11-16-18(25)22(9-3-10-23(16)21-15)12-13-4-6-14(19)7-5-13/h4-7,11H,2-3,8-10,12H2,1H3,(H,20,24). The number of halogens is 1. The van der Waals surface area contributed by atoms with Crippen LogP contribution in [0.3, 0.4) is 0 Å². The number of hydrogen-bond donors (Lipinski definition) is 1. The Kier molecular flexibility index (Phi) is 5.38. The number of hydrogen-bond acceptors (Lipinski definition) is 3. The van der Waals surface area contributed by atoms with Crippen LogP contribution in [0.1, 0.15) is 46.3 Å². The van der Waals surface area contributed by atoms with E-state index in [0.29, 0.717) is 42.6 Å². The molecule has 2 aromatic rings. The summed E-state index contributed by atoms with van der Waals surface area (Å²) in [7, 11) is 0. The molecule has 1 aliphatic heterocycles. The largest absolute Gasteiger partial charge is 0.351 e. The molecule has 6 nitrogen and oxygen atoms in total. The molecule has 25 heavy (non-hydrogen) atoms. The highest BCUT2D eigenvalue weighted by molar-refractivity contribution is 6.30. The molecule has 2 amide bonds. The normalized spacial score (nSPS) is 14.2. The molecule has 7 heteroatoms. The summed E-state index contributed by atoms with van der Waals surface area (Å²) in [5, 5.41) is 7.77. The van der Waals surface area contributed by atoms with Crippen LogP contribution in [-0.4, -0.2) is 39.6 Å². The Morgan fingerprint density at radius 3 is 2.76 bits per heavy atom. The SMILES string of the molecule is CCCNC(=O)c1cc2n(n1)CCCN(Cc1ccc(Cl)cc1)C2=O. The van der Waals surface area contributed by atoms with Gasteiger partial charge >= 0.3 is 0 Å². The van der Waals surface area contributed by atoms with Gasteiger partial charge in [-0.25, -0.2) is 0 Å². The van der Waals surface area contributed by atoms with Gasteiger partial charge in [0.05, 0.1) is 0 Å². The maximum Gasteiger partial charge on any atom is 0.272 e. The van der Waals surface area contributed by atoms with Crippen molar-refractivity contribution in [2.24, 2.45) is 0 Å². The summed E-state index contributed by atoms with van der Waals surface area (Å²) in [5.41, 5.74) is 1.78. The third-order valence-electron chi connectivity index (χ3n) is 4.14. The first-order chi connectivity index (χ1) is 12.1. The van der Waals surface area contributed by atoms with Gasteiger partial charge in [-0.15, -0.1) is 0 Å². The lowest BCUT2D eigenvalue weighted by molar-refractivity contribution is 0.0745. The van der Waals surface area contributed by atoms with E-state index < -0.39 is 0 Å². The van der Waals surface area contributed by atoms with Gasteiger partial charge in [0.2, 0.25) is 0 Å². The van der Waals surface area contributed by atoms with Gasteiger partial charge in [0.1, 0.15) is 5.69 Å². The van der Waals surface area contributed by atoms with Crippen LogP contribution < -0.4 is 5.32 Å². The number of carbonyl (C=O) groups excluding carboxylic acids is 2. The maximum atomic E-state index is 12.9. The molecule has 3 rings (SSSR count). The number of fused-ring (bicyclic) bond motifs is 1. The van der Waals surface area contributed by atoms with Crippen LogP contribution in [0.15, 0.2) is 30.3 Å². The van der Waals surface area contributed by atoms with E-state index in [4.69, 9.17) is 11.6 Å². The summed E-state index contributed by atoms with van der Waals surface area (Å²) in [6, 6.07) is 9.07. The number of amides is 2. The molecule has 1 aromatic carbocycles. The zero-order valence-corrected chi connectivity index (χ0v) is 14.9. The summed E-state index contributed by atoms with van der Waals surface area (Å²) in [6.07, 6.45) is 1.65. The molecule has 0 aliphatic carbocycles. The molecule has 0 spiro atoms. The molecule has 1 N–H and O–H groups in total. The first kappa shape index (κ1) is 17.5. The van der Waals surface area contributed by atoms with E-state index in [0.717, 1.165) is 18.4 Å². The second-order valence-corrected chi connectivity index (χ2v) is 6.54. The summed E-state index contributed by atoms with van der Waals surface area (Å²) >= 11 is 5.91. The molecule has 1 aromatic heterocycles. The molecular formula is C18H21ClN4O2. The van der Waals surface area contributed by atoms with Crippen molar-refractivity contribution in [1.29, 1.82) is 0 Å². The average molecular weight is 361 g/mol. The van der Waals surface area contributed by atoms with Crippen LogP contribution in [0.25, 0.3) is 0 Å². The van der Waals surface area contributed by atoms with E-state index in [2.05, 4.69) is 10.4 Å². The van der Waals surface area contributed by atoms with E-state index in [1.54, 1.807) is 15.6 Å². The lowest BCUT2D eigenvalue weighted by atomic mass is 10.2. The zero-order valence-electron chi connectivity index (χ0n) is 14.2. The first-order valence-electron chi connectivity index (χ1n) is 8.48. The Balaban J connectivity index is 1.78. The molecule has 0 atom stereocenters. The van der Waals surface area contributed by atoms with Crippen molar-refractivity contribution in [2.75, 3.05) is 13.1 Å². The smallest absolute Gasteiger partial charge is 0.272 e. The van der Waals surface area contributed by atoms with Crippen LogP contribution >= 0.6 is 11.6 Å². The van der Waals surface area contributed by atoms with Crippen LogP contribution in [0.4, 0.5) is 0 Å². The van der Waals surface area contributed by atoms with Crippen molar-refractivity contribution >= 4 is 23.4 Å². The zero-order chi connectivity index (χ0) is 17.8. The summed E-state index contributed by atoms with van der Waals surface area (Å²) < 4.78 is 1.64. The number of nitrogens with zero attached hydrogens (tertiary/aromatic N) is 3. The number of aromatic nitrogens is 2. The molecule has 132 valence electrons. The molecule has 0 bridgehead atoms. The lowest BCUT2D eigenvalue weighted by Crippen LogP contribution is -2.30. The molecule has 0 saturated heterocycles. The van der Waals surface area contributed by atoms with E-state index in [-0.39, 0.29) is 11.8 Å². The van der Waals surface area contributed by atoms with Crippen molar-refractivity contribution in [1.82, 2.24) is 20.0 Å². The fourth-order valence-electron chi connectivity index (χ4n) is 2.84. The van der Waals surface area contributed by atoms with Gasteiger partial charge in [0.25, 0.3) is 11.8 Å². The summed E-state index contributed by atoms with van der Waals surface area (Å²) in [4.78, 5) is 26.7. The summed E-state index contributed by atoms with van der Waals surface area (Å²) in [6.45, 7) is 4.37. The lowest BCUT2D eigenvalue weighted by Gasteiger charge is -2.20. The Morgan fingerprint density at radius 2 is 2.04 bits per heavy atom. The van der Waals surface area contributed by atoms with E-state index >= 15 is 0 Å². The predicted octanol–water partition coefficient (Wildman–Crippen LogP) is 2.72. The quantitative estimate of drug-likeness (QED) is 0.891. The van der Waals surface area contributed by atoms with Crippen molar-refractivity contribution in [2.45, 2.75) is 32.9 Å². The van der Waals surface area contributed by atoms with E-state index in [1.807, 2.05) is 31.2 Å². The van der Waals surface area contributed by atoms with Crippen molar-refractivity contribution in [3.8, 4) is 0 Å². The van der Waals surface area contributed by atoms with Crippen molar-refractivity contribution < 1.29 is 9.59 Å².